The van der Waals surface area contributed by atoms with E-state index in [9.17, 15) is 14.4 Å². The van der Waals surface area contributed by atoms with Gasteiger partial charge in [0.25, 0.3) is 11.5 Å². The average molecular weight is 339 g/mol. The Morgan fingerprint density at radius 3 is 2.60 bits per heavy atom. The number of amides is 1. The topological polar surface area (TPSA) is 88.3 Å². The van der Waals surface area contributed by atoms with Gasteiger partial charge in [0.1, 0.15) is 6.26 Å². The van der Waals surface area contributed by atoms with Gasteiger partial charge in [-0.3, -0.25) is 14.2 Å². The summed E-state index contributed by atoms with van der Waals surface area (Å²) in [5.74, 6) is -0.0908. The average Bonchev–Trinajstić information content (AvgIpc) is 3.16. The van der Waals surface area contributed by atoms with Crippen molar-refractivity contribution in [2.75, 3.05) is 13.1 Å². The molecule has 1 aliphatic rings. The third-order valence-corrected chi connectivity index (χ3v) is 4.72. The number of carbonyl (C=O) groups is 1. The Balaban J connectivity index is 1.59. The van der Waals surface area contributed by atoms with Crippen molar-refractivity contribution in [1.82, 2.24) is 14.5 Å². The Kier molecular flexibility index (Phi) is 3.76. The maximum absolute atomic E-state index is 12.7. The summed E-state index contributed by atoms with van der Waals surface area (Å²) in [7, 11) is 0. The van der Waals surface area contributed by atoms with Crippen LogP contribution in [0.25, 0.3) is 10.9 Å². The van der Waals surface area contributed by atoms with Gasteiger partial charge in [-0.05, 0) is 31.0 Å². The number of benzene rings is 1. The summed E-state index contributed by atoms with van der Waals surface area (Å²) in [6.07, 6.45) is 4.01. The summed E-state index contributed by atoms with van der Waals surface area (Å²) in [4.78, 5) is 41.9. The number of carbonyl (C=O) groups excluding carboxylic acids is 1. The van der Waals surface area contributed by atoms with E-state index < -0.39 is 5.69 Å². The summed E-state index contributed by atoms with van der Waals surface area (Å²) in [6.45, 7) is 0.987. The van der Waals surface area contributed by atoms with Gasteiger partial charge in [0.2, 0.25) is 0 Å². The third-order valence-electron chi connectivity index (χ3n) is 4.72. The molecule has 3 aromatic rings. The van der Waals surface area contributed by atoms with Crippen LogP contribution in [0.15, 0.2) is 56.9 Å². The maximum Gasteiger partial charge on any atom is 0.329 e. The minimum atomic E-state index is -0.400. The second-order valence-electron chi connectivity index (χ2n) is 6.19. The number of fused-ring (bicyclic) bond motifs is 1. The number of para-hydroxylation sites is 1. The lowest BCUT2D eigenvalue weighted by atomic mass is 10.0. The number of piperidine rings is 1. The van der Waals surface area contributed by atoms with E-state index in [1.54, 1.807) is 35.2 Å². The molecule has 0 unspecified atom stereocenters. The molecule has 1 fully saturated rings. The smallest absolute Gasteiger partial charge is 0.329 e. The Bertz CT molecular complexity index is 1020. The van der Waals surface area contributed by atoms with Crippen LogP contribution in [0, 0.1) is 0 Å². The van der Waals surface area contributed by atoms with Crippen molar-refractivity contribution in [2.45, 2.75) is 18.9 Å². The minimum absolute atomic E-state index is 0.0908. The summed E-state index contributed by atoms with van der Waals surface area (Å²) in [6, 6.07) is 8.40. The molecular weight excluding hydrogens is 322 g/mol. The number of nitrogens with one attached hydrogen (secondary N) is 1. The lowest BCUT2D eigenvalue weighted by Gasteiger charge is -2.32. The molecule has 7 nitrogen and oxygen atoms in total. The first-order valence-corrected chi connectivity index (χ1v) is 8.20. The maximum atomic E-state index is 12.7. The van der Waals surface area contributed by atoms with Crippen LogP contribution in [0.5, 0.6) is 0 Å². The molecule has 1 aromatic carbocycles. The van der Waals surface area contributed by atoms with Crippen molar-refractivity contribution in [3.05, 3.63) is 69.3 Å². The predicted octanol–water partition coefficient (Wildman–Crippen LogP) is 1.76. The molecule has 25 heavy (non-hydrogen) atoms. The van der Waals surface area contributed by atoms with Gasteiger partial charge in [0.15, 0.2) is 0 Å². The fourth-order valence-electron chi connectivity index (χ4n) is 3.40. The molecule has 4 rings (SSSR count). The second kappa shape index (κ2) is 6.08. The highest BCUT2D eigenvalue weighted by Gasteiger charge is 2.27. The van der Waals surface area contributed by atoms with Crippen molar-refractivity contribution in [3.63, 3.8) is 0 Å². The molecule has 0 spiro atoms. The quantitative estimate of drug-likeness (QED) is 0.770. The number of aromatic amines is 1. The summed E-state index contributed by atoms with van der Waals surface area (Å²) in [5.41, 5.74) is 0.378. The number of hydrogen-bond donors (Lipinski definition) is 1. The summed E-state index contributed by atoms with van der Waals surface area (Å²) >= 11 is 0. The summed E-state index contributed by atoms with van der Waals surface area (Å²) < 4.78 is 6.24. The van der Waals surface area contributed by atoms with Gasteiger partial charge >= 0.3 is 5.69 Å². The van der Waals surface area contributed by atoms with Crippen molar-refractivity contribution < 1.29 is 9.21 Å². The first-order chi connectivity index (χ1) is 12.1. The van der Waals surface area contributed by atoms with E-state index in [1.807, 2.05) is 0 Å². The molecule has 128 valence electrons. The van der Waals surface area contributed by atoms with Crippen LogP contribution < -0.4 is 11.2 Å². The lowest BCUT2D eigenvalue weighted by Crippen LogP contribution is -2.45. The van der Waals surface area contributed by atoms with Crippen LogP contribution in [0.4, 0.5) is 0 Å². The van der Waals surface area contributed by atoms with E-state index in [1.165, 1.54) is 17.1 Å². The molecule has 7 heteroatoms. The number of furan rings is 1. The third kappa shape index (κ3) is 2.67. The normalized spacial score (nSPS) is 15.6. The van der Waals surface area contributed by atoms with Gasteiger partial charge in [0.05, 0.1) is 22.7 Å². The standard InChI is InChI=1S/C18H17N3O4/c22-16(12-7-10-25-11-12)20-8-5-13(6-9-20)21-17(23)14-3-1-2-4-15(14)19-18(21)24/h1-4,7,10-11,13H,5-6,8-9H2,(H,19,24). The molecule has 0 radical (unpaired) electrons. The van der Waals surface area contributed by atoms with Gasteiger partial charge in [-0.1, -0.05) is 12.1 Å². The van der Waals surface area contributed by atoms with E-state index in [0.717, 1.165) is 0 Å². The Morgan fingerprint density at radius 1 is 1.12 bits per heavy atom. The molecule has 0 saturated carbocycles. The van der Waals surface area contributed by atoms with Gasteiger partial charge in [-0.25, -0.2) is 4.79 Å². The zero-order valence-electron chi connectivity index (χ0n) is 13.5. The molecule has 0 aliphatic carbocycles. The Labute approximate surface area is 142 Å². The van der Waals surface area contributed by atoms with E-state index >= 15 is 0 Å². The van der Waals surface area contributed by atoms with Gasteiger partial charge in [0, 0.05) is 19.1 Å². The van der Waals surface area contributed by atoms with E-state index in [2.05, 4.69) is 4.98 Å². The first kappa shape index (κ1) is 15.4. The number of aromatic nitrogens is 2. The Hall–Kier alpha value is -3.09. The zero-order chi connectivity index (χ0) is 17.4. The van der Waals surface area contributed by atoms with Crippen LogP contribution in [0.2, 0.25) is 0 Å². The number of H-pyrrole nitrogens is 1. The molecule has 1 aliphatic heterocycles. The predicted molar refractivity (Wildman–Crippen MR) is 91.7 cm³/mol. The molecule has 0 bridgehead atoms. The monoisotopic (exact) mass is 339 g/mol. The highest BCUT2D eigenvalue weighted by molar-refractivity contribution is 5.93. The number of likely N-dealkylation sites (tertiary alicyclic amines) is 1. The van der Waals surface area contributed by atoms with E-state index in [0.29, 0.717) is 42.4 Å². The van der Waals surface area contributed by atoms with Crippen LogP contribution in [0.3, 0.4) is 0 Å². The van der Waals surface area contributed by atoms with Crippen LogP contribution >= 0.6 is 0 Å². The molecular formula is C18H17N3O4. The number of hydrogen-bond acceptors (Lipinski definition) is 4. The van der Waals surface area contributed by atoms with Crippen LogP contribution in [-0.4, -0.2) is 33.4 Å². The van der Waals surface area contributed by atoms with Crippen molar-refractivity contribution in [3.8, 4) is 0 Å². The fraction of sp³-hybridized carbons (Fsp3) is 0.278. The zero-order valence-corrected chi connectivity index (χ0v) is 13.5. The first-order valence-electron chi connectivity index (χ1n) is 8.20. The van der Waals surface area contributed by atoms with E-state index in [4.69, 9.17) is 4.42 Å². The summed E-state index contributed by atoms with van der Waals surface area (Å²) in [5, 5.41) is 0.499. The van der Waals surface area contributed by atoms with Crippen molar-refractivity contribution in [1.29, 1.82) is 0 Å². The largest absolute Gasteiger partial charge is 0.472 e. The molecule has 1 N–H and O–H groups in total. The molecule has 3 heterocycles. The van der Waals surface area contributed by atoms with Crippen LogP contribution in [0.1, 0.15) is 29.2 Å². The highest BCUT2D eigenvalue weighted by atomic mass is 16.3. The number of rotatable bonds is 2. The van der Waals surface area contributed by atoms with Crippen molar-refractivity contribution in [2.24, 2.45) is 0 Å². The second-order valence-corrected chi connectivity index (χ2v) is 6.19. The van der Waals surface area contributed by atoms with E-state index in [-0.39, 0.29) is 17.5 Å². The Morgan fingerprint density at radius 2 is 1.88 bits per heavy atom. The van der Waals surface area contributed by atoms with Gasteiger partial charge in [-0.15, -0.1) is 0 Å². The van der Waals surface area contributed by atoms with Crippen LogP contribution in [-0.2, 0) is 0 Å². The highest BCUT2D eigenvalue weighted by Crippen LogP contribution is 2.22. The molecule has 0 atom stereocenters. The molecule has 1 amide bonds. The lowest BCUT2D eigenvalue weighted by molar-refractivity contribution is 0.0691. The minimum Gasteiger partial charge on any atom is -0.472 e. The number of nitrogens with zero attached hydrogens (tertiary/aromatic N) is 2. The van der Waals surface area contributed by atoms with Crippen molar-refractivity contribution >= 4 is 16.8 Å². The van der Waals surface area contributed by atoms with Gasteiger partial charge in [-0.2, -0.15) is 0 Å². The SMILES string of the molecule is O=C(c1ccoc1)N1CCC(n2c(=O)[nH]c3ccccc3c2=O)CC1. The van der Waals surface area contributed by atoms with Gasteiger partial charge < -0.3 is 14.3 Å². The molecule has 2 aromatic heterocycles. The fourth-order valence-corrected chi connectivity index (χ4v) is 3.40. The molecule has 1 saturated heterocycles.